The van der Waals surface area contributed by atoms with Gasteiger partial charge in [-0.05, 0) is 28.5 Å². The minimum atomic E-state index is -0.0485. The Labute approximate surface area is 153 Å². The first-order valence-electron chi connectivity index (χ1n) is 8.59. The second kappa shape index (κ2) is 6.93. The van der Waals surface area contributed by atoms with Crippen molar-refractivity contribution in [3.8, 4) is 0 Å². The number of aromatic nitrogens is 1. The van der Waals surface area contributed by atoms with Crippen LogP contribution in [0.5, 0.6) is 0 Å². The molecule has 1 amide bonds. The van der Waals surface area contributed by atoms with Crippen LogP contribution in [0.3, 0.4) is 0 Å². The first-order valence-corrected chi connectivity index (χ1v) is 8.59. The molecule has 1 aromatic carbocycles. The number of carbonyl (C=O) groups excluding carboxylic acids is 1. The Morgan fingerprint density at radius 3 is 2.73 bits per heavy atom. The lowest BCUT2D eigenvalue weighted by molar-refractivity contribution is -0.120. The van der Waals surface area contributed by atoms with E-state index in [0.29, 0.717) is 23.5 Å². The molecular weight excluding hydrogens is 328 g/mol. The lowest BCUT2D eigenvalue weighted by Gasteiger charge is -2.45. The van der Waals surface area contributed by atoms with E-state index in [1.807, 2.05) is 24.3 Å². The largest absolute Gasteiger partial charge is 0.397 e. The fraction of sp³-hybridized carbons (Fsp3) is 0.368. The second-order valence-corrected chi connectivity index (χ2v) is 7.74. The number of hydrogen-bond donors (Lipinski definition) is 3. The van der Waals surface area contributed by atoms with Crippen LogP contribution >= 0.6 is 0 Å². The van der Waals surface area contributed by atoms with Crippen molar-refractivity contribution in [1.29, 1.82) is 0 Å². The fourth-order valence-corrected chi connectivity index (χ4v) is 3.34. The molecule has 26 heavy (non-hydrogen) atoms. The van der Waals surface area contributed by atoms with Gasteiger partial charge < -0.3 is 16.1 Å². The predicted molar refractivity (Wildman–Crippen MR) is 105 cm³/mol. The second-order valence-electron chi connectivity index (χ2n) is 7.74. The molecule has 7 heteroatoms. The van der Waals surface area contributed by atoms with Gasteiger partial charge in [-0.3, -0.25) is 9.69 Å². The molecule has 0 unspecified atom stereocenters. The molecule has 1 aliphatic rings. The quantitative estimate of drug-likeness (QED) is 0.557. The maximum atomic E-state index is 12.2. The molecule has 0 radical (unpaired) electrons. The topological polar surface area (TPSA) is 101 Å². The molecule has 5 N–H and O–H groups in total. The SMILES string of the molecule is CN(N)/C=C(\N)c1ccc2cnc(NC(=O)CN3CC(C)(C)C3)cc2c1. The first kappa shape index (κ1) is 18.2. The van der Waals surface area contributed by atoms with Gasteiger partial charge in [0.1, 0.15) is 5.82 Å². The lowest BCUT2D eigenvalue weighted by Crippen LogP contribution is -2.54. The molecule has 1 aromatic heterocycles. The van der Waals surface area contributed by atoms with Crippen molar-refractivity contribution in [2.45, 2.75) is 13.8 Å². The van der Waals surface area contributed by atoms with Crippen LogP contribution in [-0.2, 0) is 4.79 Å². The molecule has 0 spiro atoms. The normalized spacial score (nSPS) is 17.0. The monoisotopic (exact) mass is 354 g/mol. The van der Waals surface area contributed by atoms with Crippen LogP contribution in [0.1, 0.15) is 19.4 Å². The van der Waals surface area contributed by atoms with Gasteiger partial charge in [-0.2, -0.15) is 0 Å². The number of likely N-dealkylation sites (tertiary alicyclic amines) is 1. The number of hydrogen-bond acceptors (Lipinski definition) is 6. The average Bonchev–Trinajstić information content (AvgIpc) is 2.51. The number of amides is 1. The first-order chi connectivity index (χ1) is 12.2. The molecule has 7 nitrogen and oxygen atoms in total. The third-order valence-electron chi connectivity index (χ3n) is 4.34. The molecule has 0 bridgehead atoms. The van der Waals surface area contributed by atoms with Gasteiger partial charge in [-0.15, -0.1) is 0 Å². The smallest absolute Gasteiger partial charge is 0.239 e. The minimum Gasteiger partial charge on any atom is -0.397 e. The van der Waals surface area contributed by atoms with E-state index in [-0.39, 0.29) is 5.91 Å². The van der Waals surface area contributed by atoms with E-state index >= 15 is 0 Å². The highest BCUT2D eigenvalue weighted by atomic mass is 16.2. The zero-order valence-electron chi connectivity index (χ0n) is 15.5. The van der Waals surface area contributed by atoms with Gasteiger partial charge in [0.05, 0.1) is 12.2 Å². The van der Waals surface area contributed by atoms with E-state index in [2.05, 4.69) is 29.0 Å². The summed E-state index contributed by atoms with van der Waals surface area (Å²) < 4.78 is 0. The highest BCUT2D eigenvalue weighted by Crippen LogP contribution is 2.28. The van der Waals surface area contributed by atoms with Crippen LogP contribution in [-0.4, -0.2) is 47.5 Å². The van der Waals surface area contributed by atoms with Crippen LogP contribution < -0.4 is 16.9 Å². The summed E-state index contributed by atoms with van der Waals surface area (Å²) in [5.74, 6) is 6.10. The van der Waals surface area contributed by atoms with E-state index in [0.717, 1.165) is 29.4 Å². The van der Waals surface area contributed by atoms with Crippen molar-refractivity contribution in [3.63, 3.8) is 0 Å². The van der Waals surface area contributed by atoms with Gasteiger partial charge in [-0.1, -0.05) is 26.0 Å². The van der Waals surface area contributed by atoms with Crippen LogP contribution in [0.2, 0.25) is 0 Å². The number of nitrogens with zero attached hydrogens (tertiary/aromatic N) is 3. The summed E-state index contributed by atoms with van der Waals surface area (Å²) in [6.07, 6.45) is 3.40. The van der Waals surface area contributed by atoms with Crippen molar-refractivity contribution in [1.82, 2.24) is 14.9 Å². The summed E-state index contributed by atoms with van der Waals surface area (Å²) >= 11 is 0. The molecule has 2 heterocycles. The number of nitrogens with one attached hydrogen (secondary N) is 1. The number of hydrazine groups is 1. The number of rotatable bonds is 5. The molecule has 0 atom stereocenters. The number of nitrogens with two attached hydrogens (primary N) is 2. The van der Waals surface area contributed by atoms with Crippen LogP contribution in [0, 0.1) is 5.41 Å². The number of benzene rings is 1. The van der Waals surface area contributed by atoms with Gasteiger partial charge in [0, 0.05) is 37.9 Å². The Hall–Kier alpha value is -2.64. The summed E-state index contributed by atoms with van der Waals surface area (Å²) in [5.41, 5.74) is 7.79. The molecule has 2 aromatic rings. The van der Waals surface area contributed by atoms with Crippen LogP contribution in [0.4, 0.5) is 5.82 Å². The summed E-state index contributed by atoms with van der Waals surface area (Å²) in [7, 11) is 1.71. The molecular formula is C19H26N6O. The molecule has 1 saturated heterocycles. The Morgan fingerprint density at radius 2 is 2.08 bits per heavy atom. The zero-order valence-corrected chi connectivity index (χ0v) is 15.5. The van der Waals surface area contributed by atoms with Gasteiger partial charge in [0.2, 0.25) is 5.91 Å². The Balaban J connectivity index is 1.72. The van der Waals surface area contributed by atoms with Gasteiger partial charge in [0.15, 0.2) is 0 Å². The van der Waals surface area contributed by atoms with Gasteiger partial charge in [-0.25, -0.2) is 10.8 Å². The third kappa shape index (κ3) is 4.30. The Bertz CT molecular complexity index is 850. The summed E-state index contributed by atoms with van der Waals surface area (Å²) in [4.78, 5) is 18.7. The van der Waals surface area contributed by atoms with E-state index in [4.69, 9.17) is 11.6 Å². The van der Waals surface area contributed by atoms with E-state index in [9.17, 15) is 4.79 Å². The maximum absolute atomic E-state index is 12.2. The molecule has 0 aliphatic carbocycles. The Morgan fingerprint density at radius 1 is 1.35 bits per heavy atom. The van der Waals surface area contributed by atoms with Crippen LogP contribution in [0.15, 0.2) is 36.7 Å². The number of anilines is 1. The molecule has 1 fully saturated rings. The fourth-order valence-electron chi connectivity index (χ4n) is 3.34. The van der Waals surface area contributed by atoms with Crippen molar-refractivity contribution in [2.75, 3.05) is 32.0 Å². The van der Waals surface area contributed by atoms with Gasteiger partial charge in [0.25, 0.3) is 0 Å². The third-order valence-corrected chi connectivity index (χ3v) is 4.34. The number of fused-ring (bicyclic) bond motifs is 1. The van der Waals surface area contributed by atoms with E-state index in [1.165, 1.54) is 5.01 Å². The predicted octanol–water partition coefficient (Wildman–Crippen LogP) is 1.58. The summed E-state index contributed by atoms with van der Waals surface area (Å²) in [5, 5.41) is 6.22. The molecule has 3 rings (SSSR count). The maximum Gasteiger partial charge on any atom is 0.239 e. The summed E-state index contributed by atoms with van der Waals surface area (Å²) in [6, 6.07) is 7.68. The highest BCUT2D eigenvalue weighted by Gasteiger charge is 2.34. The standard InChI is InChI=1S/C19H26N6O/c1-19(2)11-25(12-19)10-18(26)23-17-7-15-6-13(16(20)9-24(3)21)4-5-14(15)8-22-17/h4-9H,10-12,20-21H2,1-3H3,(H,22,23,26)/b16-9-. The van der Waals surface area contributed by atoms with Gasteiger partial charge >= 0.3 is 0 Å². The number of carbonyl (C=O) groups is 1. The summed E-state index contributed by atoms with van der Waals surface area (Å²) in [6.45, 7) is 6.67. The van der Waals surface area contributed by atoms with Crippen molar-refractivity contribution in [2.24, 2.45) is 17.0 Å². The molecule has 1 aliphatic heterocycles. The zero-order chi connectivity index (χ0) is 18.9. The highest BCUT2D eigenvalue weighted by molar-refractivity contribution is 5.94. The minimum absolute atomic E-state index is 0.0485. The van der Waals surface area contributed by atoms with E-state index in [1.54, 1.807) is 19.4 Å². The van der Waals surface area contributed by atoms with Crippen molar-refractivity contribution < 1.29 is 4.79 Å². The average molecular weight is 354 g/mol. The van der Waals surface area contributed by atoms with Crippen molar-refractivity contribution in [3.05, 3.63) is 42.2 Å². The molecule has 138 valence electrons. The van der Waals surface area contributed by atoms with E-state index < -0.39 is 0 Å². The van der Waals surface area contributed by atoms with Crippen molar-refractivity contribution >= 4 is 28.2 Å². The molecule has 0 saturated carbocycles. The lowest BCUT2D eigenvalue weighted by atomic mass is 9.84. The number of pyridine rings is 1. The van der Waals surface area contributed by atoms with Crippen LogP contribution in [0.25, 0.3) is 16.5 Å². The Kier molecular flexibility index (Phi) is 4.84.